The number of nitrogens with zero attached hydrogens (tertiary/aromatic N) is 1. The van der Waals surface area contributed by atoms with Crippen molar-refractivity contribution in [2.45, 2.75) is 10.8 Å². The van der Waals surface area contributed by atoms with E-state index in [0.717, 1.165) is 17.1 Å². The Morgan fingerprint density at radius 2 is 0.549 bits per heavy atom. The van der Waals surface area contributed by atoms with Gasteiger partial charge in [-0.3, -0.25) is 0 Å². The molecular weight excluding hydrogens is 615 g/mol. The molecule has 0 N–H and O–H groups in total. The predicted molar refractivity (Wildman–Crippen MR) is 209 cm³/mol. The van der Waals surface area contributed by atoms with Crippen LogP contribution in [0.25, 0.3) is 22.3 Å². The van der Waals surface area contributed by atoms with Gasteiger partial charge in [-0.15, -0.1) is 0 Å². The van der Waals surface area contributed by atoms with Crippen LogP contribution in [-0.2, 0) is 10.8 Å². The van der Waals surface area contributed by atoms with Crippen LogP contribution in [0.1, 0.15) is 44.5 Å². The molecule has 8 aromatic carbocycles. The zero-order valence-electron chi connectivity index (χ0n) is 28.0. The highest BCUT2D eigenvalue weighted by Crippen LogP contribution is 2.67. The minimum absolute atomic E-state index is 0.486. The molecule has 1 nitrogen and oxygen atoms in total. The molecule has 3 aliphatic carbocycles. The SMILES string of the molecule is c1ccc(N(c2ccccc2)c2ccc3c(c2)C2(c4ccccc4-c4ccccc42)c2ccccc2C32c3ccccc3-c3ccccc32)cc1. The van der Waals surface area contributed by atoms with E-state index in [1.165, 1.54) is 66.8 Å². The minimum atomic E-state index is -0.522. The number of hydrogen-bond acceptors (Lipinski definition) is 1. The second-order valence-electron chi connectivity index (χ2n) is 14.0. The number of benzene rings is 8. The summed E-state index contributed by atoms with van der Waals surface area (Å²) in [6.45, 7) is 0. The lowest BCUT2D eigenvalue weighted by molar-refractivity contribution is 0.633. The van der Waals surface area contributed by atoms with Crippen LogP contribution in [0.5, 0.6) is 0 Å². The number of fused-ring (bicyclic) bond motifs is 16. The van der Waals surface area contributed by atoms with Crippen LogP contribution < -0.4 is 4.90 Å². The van der Waals surface area contributed by atoms with Crippen LogP contribution in [0.15, 0.2) is 200 Å². The van der Waals surface area contributed by atoms with Gasteiger partial charge < -0.3 is 4.90 Å². The molecule has 0 fully saturated rings. The third kappa shape index (κ3) is 3.55. The molecular formula is C50H33N. The van der Waals surface area contributed by atoms with Crippen LogP contribution >= 0.6 is 0 Å². The summed E-state index contributed by atoms with van der Waals surface area (Å²) in [7, 11) is 0. The second-order valence-corrected chi connectivity index (χ2v) is 14.0. The van der Waals surface area contributed by atoms with Gasteiger partial charge >= 0.3 is 0 Å². The lowest BCUT2D eigenvalue weighted by atomic mass is 9.52. The quantitative estimate of drug-likeness (QED) is 0.184. The smallest absolute Gasteiger partial charge is 0.0720 e. The largest absolute Gasteiger partial charge is 0.310 e. The lowest BCUT2D eigenvalue weighted by Gasteiger charge is -2.49. The molecule has 0 aliphatic heterocycles. The average molecular weight is 648 g/mol. The summed E-state index contributed by atoms with van der Waals surface area (Å²) >= 11 is 0. The van der Waals surface area contributed by atoms with E-state index in [4.69, 9.17) is 0 Å². The number of rotatable bonds is 3. The molecule has 0 radical (unpaired) electrons. The molecule has 11 rings (SSSR count). The maximum Gasteiger partial charge on any atom is 0.0720 e. The van der Waals surface area contributed by atoms with Gasteiger partial charge in [-0.1, -0.05) is 164 Å². The molecule has 1 heteroatoms. The van der Waals surface area contributed by atoms with Crippen LogP contribution in [0, 0.1) is 0 Å². The van der Waals surface area contributed by atoms with Crippen molar-refractivity contribution in [3.63, 3.8) is 0 Å². The number of para-hydroxylation sites is 2. The van der Waals surface area contributed by atoms with Crippen molar-refractivity contribution in [3.8, 4) is 22.3 Å². The molecule has 3 aliphatic rings. The van der Waals surface area contributed by atoms with E-state index >= 15 is 0 Å². The Morgan fingerprint density at radius 3 is 0.961 bits per heavy atom. The molecule has 0 atom stereocenters. The van der Waals surface area contributed by atoms with Crippen molar-refractivity contribution in [3.05, 3.63) is 245 Å². The molecule has 0 amide bonds. The Labute approximate surface area is 298 Å². The first kappa shape index (κ1) is 28.4. The van der Waals surface area contributed by atoms with Gasteiger partial charge in [-0.2, -0.15) is 0 Å². The third-order valence-electron chi connectivity index (χ3n) is 11.7. The Hall–Kier alpha value is -6.44. The van der Waals surface area contributed by atoms with Gasteiger partial charge in [0.1, 0.15) is 0 Å². The zero-order valence-corrected chi connectivity index (χ0v) is 28.0. The molecule has 238 valence electrons. The first-order valence-corrected chi connectivity index (χ1v) is 17.9. The van der Waals surface area contributed by atoms with E-state index in [2.05, 4.69) is 205 Å². The minimum Gasteiger partial charge on any atom is -0.310 e. The number of hydrogen-bond donors (Lipinski definition) is 0. The highest BCUT2D eigenvalue weighted by Gasteiger charge is 2.59. The Bertz CT molecular complexity index is 2520. The van der Waals surface area contributed by atoms with Crippen molar-refractivity contribution in [2.24, 2.45) is 0 Å². The van der Waals surface area contributed by atoms with Gasteiger partial charge in [0.25, 0.3) is 0 Å². The van der Waals surface area contributed by atoms with Crippen LogP contribution in [0.3, 0.4) is 0 Å². The van der Waals surface area contributed by atoms with E-state index in [1.54, 1.807) is 0 Å². The van der Waals surface area contributed by atoms with Crippen LogP contribution in [0.4, 0.5) is 17.1 Å². The molecule has 0 bridgehead atoms. The molecule has 0 unspecified atom stereocenters. The van der Waals surface area contributed by atoms with Crippen molar-refractivity contribution in [1.82, 2.24) is 0 Å². The molecule has 0 saturated carbocycles. The topological polar surface area (TPSA) is 3.24 Å². The van der Waals surface area contributed by atoms with E-state index in [0.29, 0.717) is 0 Å². The summed E-state index contributed by atoms with van der Waals surface area (Å²) in [5.74, 6) is 0. The van der Waals surface area contributed by atoms with E-state index in [9.17, 15) is 0 Å². The second kappa shape index (κ2) is 10.5. The Balaban J connectivity index is 1.33. The zero-order chi connectivity index (χ0) is 33.6. The molecule has 0 saturated heterocycles. The van der Waals surface area contributed by atoms with Crippen molar-refractivity contribution < 1.29 is 0 Å². The van der Waals surface area contributed by atoms with Gasteiger partial charge in [0, 0.05) is 17.1 Å². The summed E-state index contributed by atoms with van der Waals surface area (Å²) in [5, 5.41) is 0. The van der Waals surface area contributed by atoms with Crippen molar-refractivity contribution >= 4 is 17.1 Å². The summed E-state index contributed by atoms with van der Waals surface area (Å²) in [6.07, 6.45) is 0. The predicted octanol–water partition coefficient (Wildman–Crippen LogP) is 12.2. The molecule has 0 heterocycles. The van der Waals surface area contributed by atoms with Crippen molar-refractivity contribution in [1.29, 1.82) is 0 Å². The first-order valence-electron chi connectivity index (χ1n) is 17.9. The Morgan fingerprint density at radius 1 is 0.235 bits per heavy atom. The van der Waals surface area contributed by atoms with Crippen molar-refractivity contribution in [2.75, 3.05) is 4.90 Å². The van der Waals surface area contributed by atoms with Gasteiger partial charge in [0.05, 0.1) is 10.8 Å². The van der Waals surface area contributed by atoms with Gasteiger partial charge in [-0.05, 0) is 103 Å². The maximum absolute atomic E-state index is 2.52. The summed E-state index contributed by atoms with van der Waals surface area (Å²) in [4.78, 5) is 2.41. The number of anilines is 3. The molecule has 2 spiro atoms. The molecule has 51 heavy (non-hydrogen) atoms. The monoisotopic (exact) mass is 647 g/mol. The highest BCUT2D eigenvalue weighted by molar-refractivity contribution is 5.94. The normalized spacial score (nSPS) is 14.6. The fraction of sp³-hybridized carbons (Fsp3) is 0.0400. The first-order chi connectivity index (χ1) is 25.3. The Kier molecular flexibility index (Phi) is 5.86. The lowest BCUT2D eigenvalue weighted by Crippen LogP contribution is -2.43. The summed E-state index contributed by atoms with van der Waals surface area (Å²) in [6, 6.07) is 74.7. The fourth-order valence-electron chi connectivity index (χ4n) is 9.97. The van der Waals surface area contributed by atoms with Crippen LogP contribution in [-0.4, -0.2) is 0 Å². The van der Waals surface area contributed by atoms with Crippen LogP contribution in [0.2, 0.25) is 0 Å². The van der Waals surface area contributed by atoms with Gasteiger partial charge in [0.2, 0.25) is 0 Å². The van der Waals surface area contributed by atoms with Gasteiger partial charge in [-0.25, -0.2) is 0 Å². The molecule has 8 aromatic rings. The van der Waals surface area contributed by atoms with E-state index in [-0.39, 0.29) is 0 Å². The summed E-state index contributed by atoms with van der Waals surface area (Å²) < 4.78 is 0. The third-order valence-corrected chi connectivity index (χ3v) is 11.7. The van der Waals surface area contributed by atoms with E-state index < -0.39 is 10.8 Å². The maximum atomic E-state index is 2.52. The molecule has 0 aromatic heterocycles. The standard InChI is InChI=1S/C50H33N/c1-3-17-34(18-4-1)51(35-19-5-2-6-20-35)36-31-32-47-48(33-36)50(43-27-13-9-23-39(43)40-24-10-14-28-44(40)50)46-30-16-15-29-45(46)49(47)41-25-11-7-21-37(41)38-22-8-12-26-42(38)49/h1-33H. The van der Waals surface area contributed by atoms with Gasteiger partial charge in [0.15, 0.2) is 0 Å². The highest BCUT2D eigenvalue weighted by atomic mass is 15.1. The fourth-order valence-corrected chi connectivity index (χ4v) is 9.97. The average Bonchev–Trinajstić information content (AvgIpc) is 3.67. The van der Waals surface area contributed by atoms with E-state index in [1.807, 2.05) is 0 Å². The summed E-state index contributed by atoms with van der Waals surface area (Å²) in [5.41, 5.74) is 18.4.